The quantitative estimate of drug-likeness (QED) is 0.672. The molecule has 0 radical (unpaired) electrons. The molecule has 3 heterocycles. The Balaban J connectivity index is 1.40. The lowest BCUT2D eigenvalue weighted by atomic mass is 10.0. The first-order chi connectivity index (χ1) is 12.3. The van der Waals surface area contributed by atoms with Crippen LogP contribution in [0.2, 0.25) is 0 Å². The van der Waals surface area contributed by atoms with Crippen LogP contribution in [-0.2, 0) is 17.7 Å². The normalized spacial score (nSPS) is 27.1. The van der Waals surface area contributed by atoms with Crippen LogP contribution in [0.1, 0.15) is 30.9 Å². The van der Waals surface area contributed by atoms with E-state index >= 15 is 0 Å². The van der Waals surface area contributed by atoms with Gasteiger partial charge in [0.1, 0.15) is 0 Å². The molecule has 0 amide bonds. The van der Waals surface area contributed by atoms with E-state index in [1.54, 1.807) is 0 Å². The molecule has 1 aromatic rings. The van der Waals surface area contributed by atoms with Crippen molar-refractivity contribution < 1.29 is 4.74 Å². The molecule has 136 valence electrons. The van der Waals surface area contributed by atoms with Gasteiger partial charge in [-0.05, 0) is 43.9 Å². The summed E-state index contributed by atoms with van der Waals surface area (Å²) in [7, 11) is 0. The molecule has 0 spiro atoms. The highest BCUT2D eigenvalue weighted by molar-refractivity contribution is 5.80. The number of morpholine rings is 1. The van der Waals surface area contributed by atoms with Crippen LogP contribution >= 0.6 is 0 Å². The summed E-state index contributed by atoms with van der Waals surface area (Å²) in [5.74, 6) is 1.03. The fourth-order valence-corrected chi connectivity index (χ4v) is 4.29. The molecule has 2 fully saturated rings. The molecule has 0 aromatic heterocycles. The monoisotopic (exact) mass is 342 g/mol. The van der Waals surface area contributed by atoms with Crippen LogP contribution in [0.3, 0.4) is 0 Å². The van der Waals surface area contributed by atoms with E-state index in [0.717, 1.165) is 51.7 Å². The van der Waals surface area contributed by atoms with Gasteiger partial charge in [-0.25, -0.2) is 0 Å². The third-order valence-corrected chi connectivity index (χ3v) is 5.67. The van der Waals surface area contributed by atoms with Gasteiger partial charge in [-0.1, -0.05) is 24.3 Å². The average molecular weight is 342 g/mol. The van der Waals surface area contributed by atoms with Crippen molar-refractivity contribution >= 4 is 5.96 Å². The number of rotatable bonds is 3. The first kappa shape index (κ1) is 16.9. The van der Waals surface area contributed by atoms with Gasteiger partial charge in [0.25, 0.3) is 0 Å². The van der Waals surface area contributed by atoms with Crippen LogP contribution in [0.5, 0.6) is 0 Å². The van der Waals surface area contributed by atoms with E-state index < -0.39 is 0 Å². The standard InChI is InChI=1S/C20H30N4O/c1-2-21-20(24-11-9-16-6-3-4-7-17(16)13-24)22-12-19-14-23-10-5-8-18(23)15-25-19/h3-4,6-7,18-19H,2,5,8-15H2,1H3,(H,21,22). The summed E-state index contributed by atoms with van der Waals surface area (Å²) in [5.41, 5.74) is 2.90. The minimum Gasteiger partial charge on any atom is -0.373 e. The van der Waals surface area contributed by atoms with Crippen molar-refractivity contribution in [2.24, 2.45) is 4.99 Å². The number of hydrogen-bond acceptors (Lipinski definition) is 3. The Bertz CT molecular complexity index is 617. The van der Waals surface area contributed by atoms with Crippen LogP contribution < -0.4 is 5.32 Å². The zero-order valence-corrected chi connectivity index (χ0v) is 15.3. The highest BCUT2D eigenvalue weighted by Crippen LogP contribution is 2.23. The number of nitrogens with zero attached hydrogens (tertiary/aromatic N) is 3. The minimum absolute atomic E-state index is 0.236. The van der Waals surface area contributed by atoms with Crippen molar-refractivity contribution in [3.05, 3.63) is 35.4 Å². The number of ether oxygens (including phenoxy) is 1. The lowest BCUT2D eigenvalue weighted by Gasteiger charge is -2.35. The predicted molar refractivity (Wildman–Crippen MR) is 101 cm³/mol. The molecule has 5 heteroatoms. The van der Waals surface area contributed by atoms with Gasteiger partial charge >= 0.3 is 0 Å². The topological polar surface area (TPSA) is 40.1 Å². The van der Waals surface area contributed by atoms with Gasteiger partial charge in [-0.2, -0.15) is 0 Å². The Morgan fingerprint density at radius 3 is 3.04 bits per heavy atom. The lowest BCUT2D eigenvalue weighted by Crippen LogP contribution is -2.48. The summed E-state index contributed by atoms with van der Waals surface area (Å²) >= 11 is 0. The second kappa shape index (κ2) is 7.75. The molecule has 2 atom stereocenters. The van der Waals surface area contributed by atoms with Crippen molar-refractivity contribution in [1.82, 2.24) is 15.1 Å². The molecule has 3 aliphatic heterocycles. The maximum atomic E-state index is 6.07. The maximum absolute atomic E-state index is 6.07. The molecule has 1 aromatic carbocycles. The fraction of sp³-hybridized carbons (Fsp3) is 0.650. The molecule has 4 rings (SSSR count). The molecule has 2 unspecified atom stereocenters. The largest absolute Gasteiger partial charge is 0.373 e. The van der Waals surface area contributed by atoms with Gasteiger partial charge < -0.3 is 15.0 Å². The molecule has 1 N–H and O–H groups in total. The molecule has 3 aliphatic rings. The number of fused-ring (bicyclic) bond motifs is 2. The Kier molecular flexibility index (Phi) is 5.22. The predicted octanol–water partition coefficient (Wildman–Crippen LogP) is 1.87. The van der Waals surface area contributed by atoms with Crippen LogP contribution in [0.25, 0.3) is 0 Å². The van der Waals surface area contributed by atoms with Gasteiger partial charge in [0.05, 0.1) is 19.3 Å². The third kappa shape index (κ3) is 3.82. The molecule has 25 heavy (non-hydrogen) atoms. The van der Waals surface area contributed by atoms with Crippen molar-refractivity contribution in [1.29, 1.82) is 0 Å². The molecule has 0 saturated carbocycles. The van der Waals surface area contributed by atoms with Gasteiger partial charge in [0.15, 0.2) is 5.96 Å². The summed E-state index contributed by atoms with van der Waals surface area (Å²) in [6, 6.07) is 9.42. The molecular weight excluding hydrogens is 312 g/mol. The summed E-state index contributed by atoms with van der Waals surface area (Å²) < 4.78 is 6.07. The Morgan fingerprint density at radius 2 is 2.16 bits per heavy atom. The van der Waals surface area contributed by atoms with Gasteiger partial charge in [0.2, 0.25) is 0 Å². The Hall–Kier alpha value is -1.59. The summed E-state index contributed by atoms with van der Waals surface area (Å²) in [4.78, 5) is 9.90. The number of benzene rings is 1. The SMILES string of the molecule is CCNC(=NCC1CN2CCCC2CO1)N1CCc2ccccc2C1. The maximum Gasteiger partial charge on any atom is 0.194 e. The molecule has 0 bridgehead atoms. The van der Waals surface area contributed by atoms with Crippen LogP contribution in [0.15, 0.2) is 29.3 Å². The lowest BCUT2D eigenvalue weighted by molar-refractivity contribution is -0.0433. The number of aliphatic imine (C=N–C) groups is 1. The third-order valence-electron chi connectivity index (χ3n) is 5.67. The second-order valence-corrected chi connectivity index (χ2v) is 7.38. The Morgan fingerprint density at radius 1 is 1.28 bits per heavy atom. The summed E-state index contributed by atoms with van der Waals surface area (Å²) in [5, 5.41) is 3.48. The minimum atomic E-state index is 0.236. The summed E-state index contributed by atoms with van der Waals surface area (Å²) in [6.45, 7) is 8.92. The van der Waals surface area contributed by atoms with E-state index in [9.17, 15) is 0 Å². The first-order valence-corrected chi connectivity index (χ1v) is 9.79. The van der Waals surface area contributed by atoms with Crippen molar-refractivity contribution in [3.8, 4) is 0 Å². The van der Waals surface area contributed by atoms with Crippen LogP contribution in [0, 0.1) is 0 Å². The number of nitrogens with one attached hydrogen (secondary N) is 1. The zero-order valence-electron chi connectivity index (χ0n) is 15.3. The molecule has 5 nitrogen and oxygen atoms in total. The first-order valence-electron chi connectivity index (χ1n) is 9.79. The van der Waals surface area contributed by atoms with E-state index in [2.05, 4.69) is 46.3 Å². The highest BCUT2D eigenvalue weighted by atomic mass is 16.5. The van der Waals surface area contributed by atoms with Crippen LogP contribution in [-0.4, -0.2) is 67.2 Å². The molecular formula is C20H30N4O. The number of hydrogen-bond donors (Lipinski definition) is 1. The van der Waals surface area contributed by atoms with Crippen molar-refractivity contribution in [3.63, 3.8) is 0 Å². The number of guanidine groups is 1. The van der Waals surface area contributed by atoms with E-state index in [1.165, 1.54) is 30.5 Å². The van der Waals surface area contributed by atoms with Crippen molar-refractivity contribution in [2.45, 2.75) is 44.9 Å². The molecule has 2 saturated heterocycles. The van der Waals surface area contributed by atoms with Gasteiger partial charge in [0, 0.05) is 32.2 Å². The van der Waals surface area contributed by atoms with Gasteiger partial charge in [-0.3, -0.25) is 9.89 Å². The average Bonchev–Trinajstić information content (AvgIpc) is 3.12. The zero-order chi connectivity index (χ0) is 17.1. The smallest absolute Gasteiger partial charge is 0.194 e. The van der Waals surface area contributed by atoms with E-state index in [-0.39, 0.29) is 6.10 Å². The van der Waals surface area contributed by atoms with Gasteiger partial charge in [-0.15, -0.1) is 0 Å². The second-order valence-electron chi connectivity index (χ2n) is 7.38. The van der Waals surface area contributed by atoms with E-state index in [4.69, 9.17) is 9.73 Å². The fourth-order valence-electron chi connectivity index (χ4n) is 4.29. The highest BCUT2D eigenvalue weighted by Gasteiger charge is 2.32. The summed E-state index contributed by atoms with van der Waals surface area (Å²) in [6.07, 6.45) is 3.95. The van der Waals surface area contributed by atoms with E-state index in [0.29, 0.717) is 6.04 Å². The molecule has 0 aliphatic carbocycles. The van der Waals surface area contributed by atoms with E-state index in [1.807, 2.05) is 0 Å². The van der Waals surface area contributed by atoms with Crippen molar-refractivity contribution in [2.75, 3.05) is 39.3 Å². The Labute approximate surface area is 151 Å². The van der Waals surface area contributed by atoms with Crippen LogP contribution in [0.4, 0.5) is 0 Å².